The van der Waals surface area contributed by atoms with Crippen molar-refractivity contribution in [2.24, 2.45) is 0 Å². The third-order valence-electron chi connectivity index (χ3n) is 2.35. The molecule has 0 aliphatic rings. The first-order valence-electron chi connectivity index (χ1n) is 5.32. The van der Waals surface area contributed by atoms with Crippen molar-refractivity contribution >= 4 is 23.3 Å². The molecule has 0 saturated carbocycles. The van der Waals surface area contributed by atoms with E-state index in [2.05, 4.69) is 15.3 Å². The predicted molar refractivity (Wildman–Crippen MR) is 68.2 cm³/mol. The number of hydrogen-bond acceptors (Lipinski definition) is 4. The third-order valence-corrected chi connectivity index (χ3v) is 2.65. The summed E-state index contributed by atoms with van der Waals surface area (Å²) in [6.07, 6.45) is 6.60. The molecular weight excluding hydrogens is 254 g/mol. The molecule has 0 radical (unpaired) electrons. The van der Waals surface area contributed by atoms with Gasteiger partial charge in [0, 0.05) is 31.7 Å². The van der Waals surface area contributed by atoms with Crippen molar-refractivity contribution in [2.75, 3.05) is 12.3 Å². The van der Waals surface area contributed by atoms with Gasteiger partial charge in [0.05, 0.1) is 16.9 Å². The van der Waals surface area contributed by atoms with Crippen LogP contribution in [0.25, 0.3) is 0 Å². The second-order valence-corrected chi connectivity index (χ2v) is 4.05. The normalized spacial score (nSPS) is 10.3. The standard InChI is InChI=1S/C11H12ClN5O/c12-9-5-8(6-16-10(9)13)11(18)15-2-4-17-3-1-14-7-17/h1,3,5-7H,2,4H2,(H2,13,16)(H,15,18). The van der Waals surface area contributed by atoms with Gasteiger partial charge in [-0.3, -0.25) is 4.79 Å². The fourth-order valence-corrected chi connectivity index (χ4v) is 1.56. The van der Waals surface area contributed by atoms with Crippen molar-refractivity contribution in [3.05, 3.63) is 41.6 Å². The zero-order chi connectivity index (χ0) is 13.0. The Kier molecular flexibility index (Phi) is 3.78. The lowest BCUT2D eigenvalue weighted by atomic mass is 10.2. The minimum Gasteiger partial charge on any atom is -0.382 e. The van der Waals surface area contributed by atoms with Crippen LogP contribution in [-0.2, 0) is 6.54 Å². The van der Waals surface area contributed by atoms with Gasteiger partial charge in [0.2, 0.25) is 0 Å². The van der Waals surface area contributed by atoms with Gasteiger partial charge in [-0.15, -0.1) is 0 Å². The zero-order valence-electron chi connectivity index (χ0n) is 9.51. The number of nitrogens with one attached hydrogen (secondary N) is 1. The van der Waals surface area contributed by atoms with Crippen LogP contribution in [0, 0.1) is 0 Å². The maximum atomic E-state index is 11.8. The number of nitrogen functional groups attached to an aromatic ring is 1. The fourth-order valence-electron chi connectivity index (χ4n) is 1.39. The van der Waals surface area contributed by atoms with Crippen molar-refractivity contribution in [1.82, 2.24) is 19.9 Å². The van der Waals surface area contributed by atoms with Crippen LogP contribution in [0.5, 0.6) is 0 Å². The minimum atomic E-state index is -0.232. The number of carbonyl (C=O) groups is 1. The van der Waals surface area contributed by atoms with Crippen molar-refractivity contribution in [1.29, 1.82) is 0 Å². The van der Waals surface area contributed by atoms with Gasteiger partial charge in [0.1, 0.15) is 5.82 Å². The molecule has 6 nitrogen and oxygen atoms in total. The number of nitrogens with zero attached hydrogens (tertiary/aromatic N) is 3. The summed E-state index contributed by atoms with van der Waals surface area (Å²) in [6, 6.07) is 1.50. The van der Waals surface area contributed by atoms with Crippen molar-refractivity contribution in [3.63, 3.8) is 0 Å². The molecule has 2 aromatic rings. The van der Waals surface area contributed by atoms with Gasteiger partial charge in [0.15, 0.2) is 0 Å². The average molecular weight is 266 g/mol. The topological polar surface area (TPSA) is 85.8 Å². The van der Waals surface area contributed by atoms with Crippen LogP contribution in [0.3, 0.4) is 0 Å². The Morgan fingerprint density at radius 3 is 3.06 bits per heavy atom. The second-order valence-electron chi connectivity index (χ2n) is 3.65. The summed E-state index contributed by atoms with van der Waals surface area (Å²) in [6.45, 7) is 1.15. The van der Waals surface area contributed by atoms with Crippen LogP contribution in [0.4, 0.5) is 5.82 Å². The molecule has 2 heterocycles. The summed E-state index contributed by atoms with van der Waals surface area (Å²) in [7, 11) is 0. The number of rotatable bonds is 4. The number of anilines is 1. The maximum absolute atomic E-state index is 11.8. The summed E-state index contributed by atoms with van der Waals surface area (Å²) in [5.74, 6) is -0.0175. The highest BCUT2D eigenvalue weighted by atomic mass is 35.5. The number of pyridine rings is 1. The van der Waals surface area contributed by atoms with E-state index >= 15 is 0 Å². The van der Waals surface area contributed by atoms with Gasteiger partial charge >= 0.3 is 0 Å². The van der Waals surface area contributed by atoms with Crippen LogP contribution < -0.4 is 11.1 Å². The second kappa shape index (κ2) is 5.50. The van der Waals surface area contributed by atoms with Crippen molar-refractivity contribution in [2.45, 2.75) is 6.54 Å². The van der Waals surface area contributed by atoms with Gasteiger partial charge < -0.3 is 15.6 Å². The molecule has 0 fully saturated rings. The fraction of sp³-hybridized carbons (Fsp3) is 0.182. The van der Waals surface area contributed by atoms with E-state index in [1.54, 1.807) is 12.5 Å². The van der Waals surface area contributed by atoms with Crippen molar-refractivity contribution in [3.8, 4) is 0 Å². The molecular formula is C11H12ClN5O. The number of carbonyl (C=O) groups excluding carboxylic acids is 1. The first kappa shape index (κ1) is 12.4. The van der Waals surface area contributed by atoms with E-state index in [1.807, 2.05) is 10.8 Å². The molecule has 3 N–H and O–H groups in total. The van der Waals surface area contributed by atoms with E-state index in [-0.39, 0.29) is 16.7 Å². The highest BCUT2D eigenvalue weighted by Gasteiger charge is 2.07. The molecule has 1 amide bonds. The van der Waals surface area contributed by atoms with Crippen LogP contribution in [-0.4, -0.2) is 27.0 Å². The number of nitrogens with two attached hydrogens (primary N) is 1. The summed E-state index contributed by atoms with van der Waals surface area (Å²) >= 11 is 5.79. The SMILES string of the molecule is Nc1ncc(C(=O)NCCn2ccnc2)cc1Cl. The third kappa shape index (κ3) is 2.98. The number of aromatic nitrogens is 3. The number of imidazole rings is 1. The molecule has 18 heavy (non-hydrogen) atoms. The van der Waals surface area contributed by atoms with Gasteiger partial charge in [-0.2, -0.15) is 0 Å². The lowest BCUT2D eigenvalue weighted by Crippen LogP contribution is -2.27. The van der Waals surface area contributed by atoms with E-state index in [0.717, 1.165) is 0 Å². The molecule has 0 aliphatic carbocycles. The van der Waals surface area contributed by atoms with Crippen LogP contribution in [0.15, 0.2) is 31.0 Å². The Hall–Kier alpha value is -2.08. The first-order valence-corrected chi connectivity index (χ1v) is 5.69. The Bertz CT molecular complexity index is 540. The maximum Gasteiger partial charge on any atom is 0.252 e. The molecule has 0 saturated heterocycles. The van der Waals surface area contributed by atoms with E-state index in [9.17, 15) is 4.79 Å². The summed E-state index contributed by atoms with van der Waals surface area (Å²) in [5.41, 5.74) is 5.86. The number of amides is 1. The van der Waals surface area contributed by atoms with Gasteiger partial charge in [0.25, 0.3) is 5.91 Å². The van der Waals surface area contributed by atoms with Gasteiger partial charge in [-0.25, -0.2) is 9.97 Å². The van der Waals surface area contributed by atoms with E-state index in [0.29, 0.717) is 18.7 Å². The van der Waals surface area contributed by atoms with E-state index in [1.165, 1.54) is 12.3 Å². The van der Waals surface area contributed by atoms with E-state index in [4.69, 9.17) is 17.3 Å². The molecule has 7 heteroatoms. The van der Waals surface area contributed by atoms with Crippen LogP contribution in [0.2, 0.25) is 5.02 Å². The molecule has 0 bridgehead atoms. The largest absolute Gasteiger partial charge is 0.382 e. The molecule has 0 aliphatic heterocycles. The Balaban J connectivity index is 1.89. The van der Waals surface area contributed by atoms with Crippen LogP contribution in [0.1, 0.15) is 10.4 Å². The molecule has 0 atom stereocenters. The predicted octanol–water partition coefficient (Wildman–Crippen LogP) is 0.944. The highest BCUT2D eigenvalue weighted by molar-refractivity contribution is 6.33. The molecule has 94 valence electrons. The highest BCUT2D eigenvalue weighted by Crippen LogP contribution is 2.16. The van der Waals surface area contributed by atoms with Gasteiger partial charge in [-0.05, 0) is 6.07 Å². The van der Waals surface area contributed by atoms with Gasteiger partial charge in [-0.1, -0.05) is 11.6 Å². The zero-order valence-corrected chi connectivity index (χ0v) is 10.3. The Morgan fingerprint density at radius 2 is 2.39 bits per heavy atom. The first-order chi connectivity index (χ1) is 8.66. The summed E-state index contributed by atoms with van der Waals surface area (Å²) in [4.78, 5) is 19.5. The van der Waals surface area contributed by atoms with Crippen molar-refractivity contribution < 1.29 is 4.79 Å². The quantitative estimate of drug-likeness (QED) is 0.862. The number of halogens is 1. The summed E-state index contributed by atoms with van der Waals surface area (Å²) in [5, 5.41) is 3.03. The molecule has 2 rings (SSSR count). The lowest BCUT2D eigenvalue weighted by Gasteiger charge is -2.06. The van der Waals surface area contributed by atoms with Crippen LogP contribution >= 0.6 is 11.6 Å². The molecule has 2 aromatic heterocycles. The average Bonchev–Trinajstić information content (AvgIpc) is 2.85. The summed E-state index contributed by atoms with van der Waals surface area (Å²) < 4.78 is 1.87. The Labute approximate surface area is 109 Å². The monoisotopic (exact) mass is 265 g/mol. The Morgan fingerprint density at radius 1 is 1.56 bits per heavy atom. The molecule has 0 aromatic carbocycles. The lowest BCUT2D eigenvalue weighted by molar-refractivity contribution is 0.0952. The van der Waals surface area contributed by atoms with E-state index < -0.39 is 0 Å². The number of hydrogen-bond donors (Lipinski definition) is 2. The smallest absolute Gasteiger partial charge is 0.252 e. The minimum absolute atomic E-state index is 0.214. The molecule has 0 spiro atoms. The molecule has 0 unspecified atom stereocenters.